The molecular weight excluding hydrogens is 404 g/mol. The fourth-order valence-corrected chi connectivity index (χ4v) is 3.91. The number of piperazine rings is 1. The molecule has 1 saturated carbocycles. The molecule has 2 aromatic rings. The van der Waals surface area contributed by atoms with Gasteiger partial charge in [-0.1, -0.05) is 36.4 Å². The van der Waals surface area contributed by atoms with Crippen LogP contribution in [0.4, 0.5) is 5.69 Å². The molecule has 7 nitrogen and oxygen atoms in total. The lowest BCUT2D eigenvalue weighted by Crippen LogP contribution is -2.50. The van der Waals surface area contributed by atoms with E-state index < -0.39 is 0 Å². The third-order valence-corrected chi connectivity index (χ3v) is 6.05. The molecule has 1 saturated heterocycles. The average Bonchev–Trinajstić information content (AvgIpc) is 3.60. The van der Waals surface area contributed by atoms with Gasteiger partial charge in [-0.25, -0.2) is 0 Å². The number of amides is 3. The molecule has 1 heterocycles. The highest BCUT2D eigenvalue weighted by atomic mass is 16.2. The summed E-state index contributed by atoms with van der Waals surface area (Å²) in [4.78, 5) is 41.6. The Labute approximate surface area is 188 Å². The van der Waals surface area contributed by atoms with E-state index in [0.717, 1.165) is 24.0 Å². The highest BCUT2D eigenvalue weighted by Gasteiger charge is 2.26. The monoisotopic (exact) mass is 434 g/mol. The minimum Gasteiger partial charge on any atom is -0.349 e. The van der Waals surface area contributed by atoms with E-state index in [1.165, 1.54) is 0 Å². The van der Waals surface area contributed by atoms with E-state index in [1.807, 2.05) is 47.1 Å². The molecule has 1 aliphatic heterocycles. The van der Waals surface area contributed by atoms with Crippen LogP contribution in [0.5, 0.6) is 0 Å². The minimum atomic E-state index is -0.156. The molecule has 2 aromatic carbocycles. The molecule has 2 aliphatic rings. The number of carbonyl (C=O) groups excluding carboxylic acids is 3. The zero-order chi connectivity index (χ0) is 22.5. The molecule has 0 radical (unpaired) electrons. The van der Waals surface area contributed by atoms with Gasteiger partial charge in [0.15, 0.2) is 0 Å². The van der Waals surface area contributed by atoms with Crippen molar-refractivity contribution in [2.24, 2.45) is 0 Å². The van der Waals surface area contributed by atoms with Crippen molar-refractivity contribution < 1.29 is 14.4 Å². The number of aryl methyl sites for hydroxylation is 1. The molecule has 2 fully saturated rings. The van der Waals surface area contributed by atoms with Crippen molar-refractivity contribution in [1.29, 1.82) is 0 Å². The third-order valence-electron chi connectivity index (χ3n) is 6.05. The summed E-state index contributed by atoms with van der Waals surface area (Å²) in [5.74, 6) is -0.181. The van der Waals surface area contributed by atoms with Crippen LogP contribution >= 0.6 is 0 Å². The van der Waals surface area contributed by atoms with Crippen molar-refractivity contribution in [3.05, 3.63) is 65.2 Å². The van der Waals surface area contributed by atoms with Crippen LogP contribution in [-0.4, -0.2) is 66.3 Å². The summed E-state index contributed by atoms with van der Waals surface area (Å²) in [6.45, 7) is 4.77. The topological polar surface area (TPSA) is 81.8 Å². The van der Waals surface area contributed by atoms with Gasteiger partial charge in [0.2, 0.25) is 11.8 Å². The number of hydrogen-bond donors (Lipinski definition) is 2. The van der Waals surface area contributed by atoms with Gasteiger partial charge in [-0.05, 0) is 43.0 Å². The largest absolute Gasteiger partial charge is 0.349 e. The van der Waals surface area contributed by atoms with Crippen LogP contribution in [0.2, 0.25) is 0 Å². The fourth-order valence-electron chi connectivity index (χ4n) is 3.91. The van der Waals surface area contributed by atoms with Crippen molar-refractivity contribution in [3.8, 4) is 0 Å². The van der Waals surface area contributed by atoms with Gasteiger partial charge in [0.1, 0.15) is 0 Å². The van der Waals surface area contributed by atoms with Gasteiger partial charge in [0.25, 0.3) is 5.91 Å². The van der Waals surface area contributed by atoms with Gasteiger partial charge < -0.3 is 15.5 Å². The van der Waals surface area contributed by atoms with Crippen molar-refractivity contribution in [3.63, 3.8) is 0 Å². The maximum Gasteiger partial charge on any atom is 0.253 e. The summed E-state index contributed by atoms with van der Waals surface area (Å²) < 4.78 is 0. The summed E-state index contributed by atoms with van der Waals surface area (Å²) in [7, 11) is 0. The molecule has 32 heavy (non-hydrogen) atoms. The van der Waals surface area contributed by atoms with E-state index in [4.69, 9.17) is 0 Å². The van der Waals surface area contributed by atoms with Crippen molar-refractivity contribution >= 4 is 23.4 Å². The third kappa shape index (κ3) is 5.73. The predicted molar refractivity (Wildman–Crippen MR) is 123 cm³/mol. The molecule has 7 heteroatoms. The Balaban J connectivity index is 1.26. The smallest absolute Gasteiger partial charge is 0.253 e. The van der Waals surface area contributed by atoms with Gasteiger partial charge >= 0.3 is 0 Å². The molecule has 3 amide bonds. The number of hydrogen-bond acceptors (Lipinski definition) is 4. The first-order chi connectivity index (χ1) is 15.5. The minimum absolute atomic E-state index is 0.124. The van der Waals surface area contributed by atoms with Gasteiger partial charge in [-0.15, -0.1) is 0 Å². The van der Waals surface area contributed by atoms with Crippen molar-refractivity contribution in [2.45, 2.75) is 32.2 Å². The summed E-state index contributed by atoms with van der Waals surface area (Å²) in [6.07, 6.45) is 2.44. The normalized spacial score (nSPS) is 16.5. The van der Waals surface area contributed by atoms with Gasteiger partial charge in [0, 0.05) is 32.2 Å². The first kappa shape index (κ1) is 22.0. The number of rotatable bonds is 7. The first-order valence-electron chi connectivity index (χ1n) is 11.2. The van der Waals surface area contributed by atoms with Crippen LogP contribution in [0, 0.1) is 6.92 Å². The number of nitrogens with zero attached hydrogens (tertiary/aromatic N) is 2. The van der Waals surface area contributed by atoms with Crippen molar-refractivity contribution in [2.75, 3.05) is 38.0 Å². The second-order valence-corrected chi connectivity index (χ2v) is 8.60. The van der Waals surface area contributed by atoms with Crippen molar-refractivity contribution in [1.82, 2.24) is 15.1 Å². The van der Waals surface area contributed by atoms with E-state index in [9.17, 15) is 14.4 Å². The lowest BCUT2D eigenvalue weighted by Gasteiger charge is -2.34. The first-order valence-corrected chi connectivity index (χ1v) is 11.2. The summed E-state index contributed by atoms with van der Waals surface area (Å²) >= 11 is 0. The molecule has 1 aliphatic carbocycles. The maximum absolute atomic E-state index is 12.7. The standard InChI is InChI=1S/C25H30N4O3/c1-18-6-2-3-7-19(18)16-24(31)29-14-12-28(13-15-29)17-23(30)27-22-9-5-4-8-21(22)25(32)26-20-10-11-20/h2-9,20H,10-17H2,1H3,(H,26,32)(H,27,30). The summed E-state index contributed by atoms with van der Waals surface area (Å²) in [6, 6.07) is 15.3. The Morgan fingerprint density at radius 2 is 1.62 bits per heavy atom. The van der Waals surface area contributed by atoms with E-state index >= 15 is 0 Å². The Kier molecular flexibility index (Phi) is 6.85. The van der Waals surface area contributed by atoms with E-state index in [0.29, 0.717) is 43.9 Å². The van der Waals surface area contributed by atoms with Crippen LogP contribution in [0.15, 0.2) is 48.5 Å². The zero-order valence-electron chi connectivity index (χ0n) is 18.5. The Hall–Kier alpha value is -3.19. The highest BCUT2D eigenvalue weighted by molar-refractivity contribution is 6.04. The molecule has 0 unspecified atom stereocenters. The van der Waals surface area contributed by atoms with Gasteiger partial charge in [0.05, 0.1) is 24.2 Å². The number of carbonyl (C=O) groups is 3. The van der Waals surface area contributed by atoms with Crippen LogP contribution in [0.25, 0.3) is 0 Å². The fraction of sp³-hybridized carbons (Fsp3) is 0.400. The Morgan fingerprint density at radius 3 is 2.34 bits per heavy atom. The van der Waals surface area contributed by atoms with Crippen LogP contribution in [0.3, 0.4) is 0 Å². The summed E-state index contributed by atoms with van der Waals surface area (Å²) in [5, 5.41) is 5.85. The summed E-state index contributed by atoms with van der Waals surface area (Å²) in [5.41, 5.74) is 3.20. The molecule has 4 rings (SSSR count). The molecule has 0 atom stereocenters. The Bertz CT molecular complexity index is 994. The Morgan fingerprint density at radius 1 is 0.938 bits per heavy atom. The van der Waals surface area contributed by atoms with Crippen LogP contribution in [-0.2, 0) is 16.0 Å². The predicted octanol–water partition coefficient (Wildman–Crippen LogP) is 2.21. The molecule has 0 aromatic heterocycles. The van der Waals surface area contributed by atoms with E-state index in [1.54, 1.807) is 18.2 Å². The number of anilines is 1. The lowest BCUT2D eigenvalue weighted by molar-refractivity contribution is -0.132. The molecule has 0 bridgehead atoms. The number of benzene rings is 2. The SMILES string of the molecule is Cc1ccccc1CC(=O)N1CCN(CC(=O)Nc2ccccc2C(=O)NC2CC2)CC1. The second kappa shape index (κ2) is 9.96. The van der Waals surface area contributed by atoms with Crippen LogP contribution < -0.4 is 10.6 Å². The second-order valence-electron chi connectivity index (χ2n) is 8.60. The quantitative estimate of drug-likeness (QED) is 0.700. The molecular formula is C25H30N4O3. The van der Waals surface area contributed by atoms with Crippen LogP contribution in [0.1, 0.15) is 34.3 Å². The zero-order valence-corrected chi connectivity index (χ0v) is 18.5. The molecule has 0 spiro atoms. The van der Waals surface area contributed by atoms with Gasteiger partial charge in [-0.2, -0.15) is 0 Å². The average molecular weight is 435 g/mol. The molecule has 168 valence electrons. The van der Waals surface area contributed by atoms with Gasteiger partial charge in [-0.3, -0.25) is 19.3 Å². The highest BCUT2D eigenvalue weighted by Crippen LogP contribution is 2.21. The molecule has 2 N–H and O–H groups in total. The van der Waals surface area contributed by atoms with E-state index in [2.05, 4.69) is 10.6 Å². The van der Waals surface area contributed by atoms with E-state index in [-0.39, 0.29) is 30.3 Å². The maximum atomic E-state index is 12.7. The lowest BCUT2D eigenvalue weighted by atomic mass is 10.1. The number of nitrogens with one attached hydrogen (secondary N) is 2. The number of para-hydroxylation sites is 1.